The molecule has 0 aromatic rings. The predicted molar refractivity (Wildman–Crippen MR) is 67.7 cm³/mol. The summed E-state index contributed by atoms with van der Waals surface area (Å²) in [5, 5.41) is 21.6. The molecule has 0 aromatic heterocycles. The minimum atomic E-state index is -0.409. The maximum Gasteiger partial charge on any atom is 0.0791 e. The highest BCUT2D eigenvalue weighted by molar-refractivity contribution is 4.74. The fourth-order valence-corrected chi connectivity index (χ4v) is 1.46. The van der Waals surface area contributed by atoms with Crippen LogP contribution in [0.3, 0.4) is 0 Å². The minimum absolute atomic E-state index is 0.371. The summed E-state index contributed by atoms with van der Waals surface area (Å²) in [6.07, 6.45) is 0.0709. The molecule has 5 nitrogen and oxygen atoms in total. The first-order valence-electron chi connectivity index (χ1n) is 6.09. The van der Waals surface area contributed by atoms with Gasteiger partial charge < -0.3 is 15.2 Å². The first kappa shape index (κ1) is 16.3. The molecule has 17 heavy (non-hydrogen) atoms. The third kappa shape index (κ3) is 10.2. The van der Waals surface area contributed by atoms with Crippen LogP contribution in [0.25, 0.3) is 0 Å². The van der Waals surface area contributed by atoms with Gasteiger partial charge in [-0.25, -0.2) is 0 Å². The quantitative estimate of drug-likeness (QED) is 0.574. The number of hydrogen-bond acceptors (Lipinski definition) is 5. The van der Waals surface area contributed by atoms with Crippen molar-refractivity contribution >= 4 is 0 Å². The lowest BCUT2D eigenvalue weighted by Crippen LogP contribution is -2.41. The summed E-state index contributed by atoms with van der Waals surface area (Å²) in [7, 11) is 1.65. The van der Waals surface area contributed by atoms with Gasteiger partial charge in [-0.1, -0.05) is 13.8 Å². The van der Waals surface area contributed by atoms with Crippen LogP contribution in [-0.2, 0) is 4.74 Å². The highest BCUT2D eigenvalue weighted by atomic mass is 16.5. The fraction of sp³-hybridized carbons (Fsp3) is 0.917. The molecule has 0 aliphatic heterocycles. The van der Waals surface area contributed by atoms with Gasteiger partial charge in [0.25, 0.3) is 0 Å². The molecule has 0 fully saturated rings. The van der Waals surface area contributed by atoms with Crippen LogP contribution in [0.2, 0.25) is 0 Å². The van der Waals surface area contributed by atoms with Gasteiger partial charge in [0.1, 0.15) is 0 Å². The molecular formula is C12H25N3O2. The molecule has 1 unspecified atom stereocenters. The summed E-state index contributed by atoms with van der Waals surface area (Å²) in [4.78, 5) is 2.05. The van der Waals surface area contributed by atoms with Gasteiger partial charge in [-0.3, -0.25) is 4.90 Å². The lowest BCUT2D eigenvalue weighted by atomic mass is 10.2. The first-order chi connectivity index (χ1) is 8.10. The Labute approximate surface area is 104 Å². The van der Waals surface area contributed by atoms with Gasteiger partial charge in [0.2, 0.25) is 0 Å². The Balaban J connectivity index is 3.90. The van der Waals surface area contributed by atoms with Crippen LogP contribution in [0.4, 0.5) is 0 Å². The molecule has 0 aliphatic carbocycles. The van der Waals surface area contributed by atoms with E-state index in [1.54, 1.807) is 7.11 Å². The van der Waals surface area contributed by atoms with Crippen molar-refractivity contribution in [2.75, 3.05) is 39.9 Å². The SMILES string of the molecule is COCCN(CCC#N)CC(O)CNC(C)C. The molecule has 0 spiro atoms. The minimum Gasteiger partial charge on any atom is -0.390 e. The summed E-state index contributed by atoms with van der Waals surface area (Å²) in [6.45, 7) is 7.29. The molecule has 0 saturated carbocycles. The van der Waals surface area contributed by atoms with Crippen molar-refractivity contribution in [1.29, 1.82) is 5.26 Å². The van der Waals surface area contributed by atoms with Crippen molar-refractivity contribution in [3.05, 3.63) is 0 Å². The second-order valence-corrected chi connectivity index (χ2v) is 4.42. The molecule has 100 valence electrons. The third-order valence-corrected chi connectivity index (χ3v) is 2.38. The van der Waals surface area contributed by atoms with E-state index in [0.29, 0.717) is 38.7 Å². The number of nitrogens with one attached hydrogen (secondary N) is 1. The summed E-state index contributed by atoms with van der Waals surface area (Å²) in [5.41, 5.74) is 0. The van der Waals surface area contributed by atoms with E-state index < -0.39 is 6.10 Å². The average molecular weight is 243 g/mol. The number of nitriles is 1. The second-order valence-electron chi connectivity index (χ2n) is 4.42. The number of ether oxygens (including phenoxy) is 1. The number of hydrogen-bond donors (Lipinski definition) is 2. The molecule has 0 rings (SSSR count). The molecule has 0 amide bonds. The van der Waals surface area contributed by atoms with E-state index >= 15 is 0 Å². The number of aliphatic hydroxyl groups is 1. The van der Waals surface area contributed by atoms with Gasteiger partial charge in [-0.15, -0.1) is 0 Å². The van der Waals surface area contributed by atoms with Crippen LogP contribution in [0.15, 0.2) is 0 Å². The van der Waals surface area contributed by atoms with Crippen LogP contribution in [0.5, 0.6) is 0 Å². The summed E-state index contributed by atoms with van der Waals surface area (Å²) >= 11 is 0. The van der Waals surface area contributed by atoms with E-state index in [2.05, 4.69) is 16.3 Å². The van der Waals surface area contributed by atoms with Crippen LogP contribution in [0, 0.1) is 11.3 Å². The van der Waals surface area contributed by atoms with Gasteiger partial charge in [-0.05, 0) is 0 Å². The van der Waals surface area contributed by atoms with Gasteiger partial charge in [-0.2, -0.15) is 5.26 Å². The Kier molecular flexibility index (Phi) is 10.1. The van der Waals surface area contributed by atoms with Crippen LogP contribution < -0.4 is 5.32 Å². The molecular weight excluding hydrogens is 218 g/mol. The topological polar surface area (TPSA) is 68.5 Å². The van der Waals surface area contributed by atoms with E-state index in [1.165, 1.54) is 0 Å². The largest absolute Gasteiger partial charge is 0.390 e. The van der Waals surface area contributed by atoms with Gasteiger partial charge >= 0.3 is 0 Å². The number of aliphatic hydroxyl groups excluding tert-OH is 1. The first-order valence-corrected chi connectivity index (χ1v) is 6.09. The molecule has 0 aromatic carbocycles. The van der Waals surface area contributed by atoms with E-state index in [-0.39, 0.29) is 0 Å². The van der Waals surface area contributed by atoms with Gasteiger partial charge in [0.05, 0.1) is 18.8 Å². The van der Waals surface area contributed by atoms with Crippen molar-refractivity contribution < 1.29 is 9.84 Å². The molecule has 5 heteroatoms. The Morgan fingerprint density at radius 1 is 1.41 bits per heavy atom. The van der Waals surface area contributed by atoms with E-state index in [0.717, 1.165) is 6.54 Å². The molecule has 2 N–H and O–H groups in total. The maximum absolute atomic E-state index is 9.84. The zero-order valence-corrected chi connectivity index (χ0v) is 11.1. The van der Waals surface area contributed by atoms with Crippen molar-refractivity contribution in [3.8, 4) is 6.07 Å². The van der Waals surface area contributed by atoms with Crippen LogP contribution >= 0.6 is 0 Å². The number of nitrogens with zero attached hydrogens (tertiary/aromatic N) is 2. The number of rotatable bonds is 10. The zero-order valence-electron chi connectivity index (χ0n) is 11.1. The molecule has 0 saturated heterocycles. The van der Waals surface area contributed by atoms with Gasteiger partial charge in [0.15, 0.2) is 0 Å². The van der Waals surface area contributed by atoms with E-state index in [4.69, 9.17) is 10.00 Å². The van der Waals surface area contributed by atoms with E-state index in [1.807, 2.05) is 13.8 Å². The van der Waals surface area contributed by atoms with Crippen LogP contribution in [0.1, 0.15) is 20.3 Å². The Bertz CT molecular complexity index is 216. The summed E-state index contributed by atoms with van der Waals surface area (Å²) in [5.74, 6) is 0. The van der Waals surface area contributed by atoms with E-state index in [9.17, 15) is 5.11 Å². The Hall–Kier alpha value is -0.670. The number of methoxy groups -OCH3 is 1. The fourth-order valence-electron chi connectivity index (χ4n) is 1.46. The molecule has 0 aliphatic rings. The highest BCUT2D eigenvalue weighted by Gasteiger charge is 2.11. The lowest BCUT2D eigenvalue weighted by molar-refractivity contribution is 0.0885. The summed E-state index contributed by atoms with van der Waals surface area (Å²) < 4.78 is 5.01. The smallest absolute Gasteiger partial charge is 0.0791 e. The van der Waals surface area contributed by atoms with Crippen molar-refractivity contribution in [2.45, 2.75) is 32.4 Å². The van der Waals surface area contributed by atoms with Crippen molar-refractivity contribution in [3.63, 3.8) is 0 Å². The third-order valence-electron chi connectivity index (χ3n) is 2.38. The molecule has 0 bridgehead atoms. The van der Waals surface area contributed by atoms with Crippen molar-refractivity contribution in [1.82, 2.24) is 10.2 Å². The second kappa shape index (κ2) is 10.5. The molecule has 1 atom stereocenters. The molecule has 0 radical (unpaired) electrons. The van der Waals surface area contributed by atoms with Gasteiger partial charge in [0, 0.05) is 45.8 Å². The monoisotopic (exact) mass is 243 g/mol. The lowest BCUT2D eigenvalue weighted by Gasteiger charge is -2.24. The summed E-state index contributed by atoms with van der Waals surface area (Å²) in [6, 6.07) is 2.49. The van der Waals surface area contributed by atoms with Crippen LogP contribution in [-0.4, -0.2) is 62.0 Å². The Morgan fingerprint density at radius 3 is 2.65 bits per heavy atom. The standard InChI is InChI=1S/C12H25N3O2/c1-11(2)14-9-12(16)10-15(6-4-5-13)7-8-17-3/h11-12,14,16H,4,6-10H2,1-3H3. The van der Waals surface area contributed by atoms with Crippen molar-refractivity contribution in [2.24, 2.45) is 0 Å². The normalized spacial score (nSPS) is 13.0. The molecule has 0 heterocycles. The highest BCUT2D eigenvalue weighted by Crippen LogP contribution is 1.95. The Morgan fingerprint density at radius 2 is 2.12 bits per heavy atom. The maximum atomic E-state index is 9.84. The average Bonchev–Trinajstić information content (AvgIpc) is 2.30. The zero-order chi connectivity index (χ0) is 13.1. The predicted octanol–water partition coefficient (Wildman–Crippen LogP) is 0.207.